The maximum absolute atomic E-state index is 13.2. The lowest BCUT2D eigenvalue weighted by atomic mass is 10.1. The summed E-state index contributed by atoms with van der Waals surface area (Å²) in [7, 11) is 0. The molecule has 0 fully saturated rings. The molecule has 0 heterocycles. The van der Waals surface area contributed by atoms with E-state index in [0.717, 1.165) is 6.07 Å². The lowest BCUT2D eigenvalue weighted by Crippen LogP contribution is -2.41. The Bertz CT molecular complexity index is 550. The van der Waals surface area contributed by atoms with E-state index in [1.165, 1.54) is 12.1 Å². The molecule has 1 rings (SSSR count). The maximum atomic E-state index is 13.2. The van der Waals surface area contributed by atoms with E-state index in [1.807, 2.05) is 0 Å². The molecule has 4 N–H and O–H groups in total. The van der Waals surface area contributed by atoms with Gasteiger partial charge in [-0.2, -0.15) is 0 Å². The number of halogens is 2. The van der Waals surface area contributed by atoms with E-state index in [4.69, 9.17) is 22.4 Å². The minimum Gasteiger partial charge on any atom is -0.480 e. The van der Waals surface area contributed by atoms with Crippen LogP contribution in [0.3, 0.4) is 0 Å². The second kappa shape index (κ2) is 6.85. The highest BCUT2D eigenvalue weighted by Gasteiger charge is 2.21. The minimum atomic E-state index is -1.31. The van der Waals surface area contributed by atoms with Crippen molar-refractivity contribution in [2.75, 3.05) is 0 Å². The first kappa shape index (κ1) is 15.9. The zero-order valence-electron chi connectivity index (χ0n) is 10.2. The molecule has 1 atom stereocenters. The van der Waals surface area contributed by atoms with E-state index in [2.05, 4.69) is 5.32 Å². The van der Waals surface area contributed by atoms with Gasteiger partial charge in [0.2, 0.25) is 5.91 Å². The van der Waals surface area contributed by atoms with Gasteiger partial charge in [-0.05, 0) is 24.6 Å². The summed E-state index contributed by atoms with van der Waals surface area (Å²) in [5.41, 5.74) is 4.84. The van der Waals surface area contributed by atoms with Gasteiger partial charge in [-0.15, -0.1) is 0 Å². The van der Waals surface area contributed by atoms with Crippen molar-refractivity contribution >= 4 is 29.4 Å². The third-order valence-electron chi connectivity index (χ3n) is 2.46. The molecule has 1 aromatic rings. The van der Waals surface area contributed by atoms with Crippen molar-refractivity contribution in [1.82, 2.24) is 5.32 Å². The van der Waals surface area contributed by atoms with Crippen LogP contribution < -0.4 is 11.1 Å². The van der Waals surface area contributed by atoms with Crippen LogP contribution in [-0.2, 0) is 9.59 Å². The molecule has 0 aromatic heterocycles. The molecule has 8 heteroatoms. The molecule has 0 spiro atoms. The fourth-order valence-corrected chi connectivity index (χ4v) is 1.54. The molecule has 0 radical (unpaired) electrons. The number of amides is 2. The van der Waals surface area contributed by atoms with Crippen molar-refractivity contribution in [1.29, 1.82) is 0 Å². The summed E-state index contributed by atoms with van der Waals surface area (Å²) >= 11 is 5.47. The summed E-state index contributed by atoms with van der Waals surface area (Å²) in [6.07, 6.45) is -0.335. The predicted octanol–water partition coefficient (Wildman–Crippen LogP) is 0.928. The van der Waals surface area contributed by atoms with Gasteiger partial charge in [-0.25, -0.2) is 9.18 Å². The van der Waals surface area contributed by atoms with E-state index < -0.39 is 29.6 Å². The molecule has 2 amide bonds. The first-order valence-electron chi connectivity index (χ1n) is 5.58. The highest BCUT2D eigenvalue weighted by atomic mass is 35.5. The van der Waals surface area contributed by atoms with Gasteiger partial charge in [-0.1, -0.05) is 11.6 Å². The molecule has 0 aliphatic carbocycles. The van der Waals surface area contributed by atoms with Gasteiger partial charge >= 0.3 is 5.97 Å². The lowest BCUT2D eigenvalue weighted by molar-refractivity contribution is -0.139. The summed E-state index contributed by atoms with van der Waals surface area (Å²) in [4.78, 5) is 33.3. The smallest absolute Gasteiger partial charge is 0.326 e. The molecule has 0 unspecified atom stereocenters. The number of hydrogen-bond acceptors (Lipinski definition) is 3. The van der Waals surface area contributed by atoms with Crippen LogP contribution in [0.15, 0.2) is 18.2 Å². The first-order chi connectivity index (χ1) is 9.31. The molecule has 6 nitrogen and oxygen atoms in total. The Kier molecular flexibility index (Phi) is 5.45. The fraction of sp³-hybridized carbons (Fsp3) is 0.250. The van der Waals surface area contributed by atoms with Crippen LogP contribution in [0.1, 0.15) is 23.2 Å². The van der Waals surface area contributed by atoms with Crippen LogP contribution in [0.25, 0.3) is 0 Å². The van der Waals surface area contributed by atoms with Gasteiger partial charge in [-0.3, -0.25) is 9.59 Å². The van der Waals surface area contributed by atoms with E-state index in [1.54, 1.807) is 0 Å². The Hall–Kier alpha value is -2.15. The Morgan fingerprint density at radius 1 is 1.40 bits per heavy atom. The Labute approximate surface area is 118 Å². The van der Waals surface area contributed by atoms with Crippen molar-refractivity contribution in [3.8, 4) is 0 Å². The molecule has 108 valence electrons. The monoisotopic (exact) mass is 302 g/mol. The summed E-state index contributed by atoms with van der Waals surface area (Å²) in [6.45, 7) is 0. The topological polar surface area (TPSA) is 109 Å². The van der Waals surface area contributed by atoms with Gasteiger partial charge in [0.05, 0.1) is 5.02 Å². The highest BCUT2D eigenvalue weighted by Crippen LogP contribution is 2.15. The van der Waals surface area contributed by atoms with Crippen LogP contribution in [0.2, 0.25) is 5.02 Å². The largest absolute Gasteiger partial charge is 0.480 e. The first-order valence-corrected chi connectivity index (χ1v) is 5.96. The summed E-state index contributed by atoms with van der Waals surface area (Å²) in [5.74, 6) is -3.56. The quantitative estimate of drug-likeness (QED) is 0.726. The number of nitrogens with one attached hydrogen (secondary N) is 1. The van der Waals surface area contributed by atoms with Gasteiger partial charge < -0.3 is 16.2 Å². The number of carboxylic acid groups (broad SMARTS) is 1. The van der Waals surface area contributed by atoms with Gasteiger partial charge in [0.25, 0.3) is 5.91 Å². The lowest BCUT2D eigenvalue weighted by Gasteiger charge is -2.13. The summed E-state index contributed by atoms with van der Waals surface area (Å²) in [5, 5.41) is 10.9. The predicted molar refractivity (Wildman–Crippen MR) is 68.7 cm³/mol. The SMILES string of the molecule is NC(=O)CC[C@@H](NC(=O)c1ccc(Cl)c(F)c1)C(=O)O. The van der Waals surface area contributed by atoms with Crippen LogP contribution in [0, 0.1) is 5.82 Å². The molecular weight excluding hydrogens is 291 g/mol. The molecule has 0 aliphatic rings. The molecule has 0 aliphatic heterocycles. The average Bonchev–Trinajstić information content (AvgIpc) is 2.36. The molecule has 0 saturated carbocycles. The number of primary amides is 1. The second-order valence-corrected chi connectivity index (χ2v) is 4.41. The van der Waals surface area contributed by atoms with Gasteiger partial charge in [0.1, 0.15) is 11.9 Å². The number of nitrogens with two attached hydrogens (primary N) is 1. The van der Waals surface area contributed by atoms with Crippen molar-refractivity contribution < 1.29 is 23.9 Å². The van der Waals surface area contributed by atoms with E-state index in [-0.39, 0.29) is 23.4 Å². The third-order valence-corrected chi connectivity index (χ3v) is 2.77. The number of carbonyl (C=O) groups is 3. The molecule has 20 heavy (non-hydrogen) atoms. The van der Waals surface area contributed by atoms with Gasteiger partial charge in [0, 0.05) is 12.0 Å². The van der Waals surface area contributed by atoms with E-state index >= 15 is 0 Å². The third kappa shape index (κ3) is 4.51. The second-order valence-electron chi connectivity index (χ2n) is 4.00. The van der Waals surface area contributed by atoms with Crippen molar-refractivity contribution in [3.05, 3.63) is 34.6 Å². The maximum Gasteiger partial charge on any atom is 0.326 e. The Morgan fingerprint density at radius 2 is 2.05 bits per heavy atom. The molecule has 0 bridgehead atoms. The van der Waals surface area contributed by atoms with Crippen LogP contribution in [0.4, 0.5) is 4.39 Å². The minimum absolute atomic E-state index is 0.0720. The summed E-state index contributed by atoms with van der Waals surface area (Å²) in [6, 6.07) is 2.05. The van der Waals surface area contributed by atoms with Gasteiger partial charge in [0.15, 0.2) is 0 Å². The number of benzene rings is 1. The van der Waals surface area contributed by atoms with Crippen molar-refractivity contribution in [3.63, 3.8) is 0 Å². The Balaban J connectivity index is 2.77. The van der Waals surface area contributed by atoms with Crippen LogP contribution >= 0.6 is 11.6 Å². The number of carboxylic acids is 1. The molecular formula is C12H12ClFN2O4. The van der Waals surface area contributed by atoms with E-state index in [0.29, 0.717) is 0 Å². The number of aliphatic carboxylic acids is 1. The fourth-order valence-electron chi connectivity index (χ4n) is 1.42. The number of hydrogen-bond donors (Lipinski definition) is 3. The number of carbonyl (C=O) groups excluding carboxylic acids is 2. The number of rotatable bonds is 6. The van der Waals surface area contributed by atoms with E-state index in [9.17, 15) is 18.8 Å². The highest BCUT2D eigenvalue weighted by molar-refractivity contribution is 6.30. The zero-order chi connectivity index (χ0) is 15.3. The van der Waals surface area contributed by atoms with Crippen LogP contribution in [0.5, 0.6) is 0 Å². The van der Waals surface area contributed by atoms with Crippen LogP contribution in [-0.4, -0.2) is 28.9 Å². The standard InChI is InChI=1S/C12H12ClFN2O4/c13-7-2-1-6(5-8(7)14)11(18)16-9(12(19)20)3-4-10(15)17/h1-2,5,9H,3-4H2,(H2,15,17)(H,16,18)(H,19,20)/t9-/m1/s1. The average molecular weight is 303 g/mol. The van der Waals surface area contributed by atoms with Crippen molar-refractivity contribution in [2.45, 2.75) is 18.9 Å². The molecule has 0 saturated heterocycles. The Morgan fingerprint density at radius 3 is 2.55 bits per heavy atom. The van der Waals surface area contributed by atoms with Crippen molar-refractivity contribution in [2.24, 2.45) is 5.73 Å². The normalized spacial score (nSPS) is 11.7. The zero-order valence-corrected chi connectivity index (χ0v) is 11.0. The molecule has 1 aromatic carbocycles. The summed E-state index contributed by atoms with van der Waals surface area (Å²) < 4.78 is 13.2.